The first-order chi connectivity index (χ1) is 6.27. The average Bonchev–Trinajstić information content (AvgIpc) is 2.18. The zero-order chi connectivity index (χ0) is 9.68. The molecule has 1 N–H and O–H groups in total. The van der Waals surface area contributed by atoms with E-state index in [1.165, 1.54) is 10.5 Å². The van der Waals surface area contributed by atoms with E-state index in [1.54, 1.807) is 0 Å². The van der Waals surface area contributed by atoms with E-state index in [-0.39, 0.29) is 12.5 Å². The first-order valence-electron chi connectivity index (χ1n) is 4.61. The second-order valence-electron chi connectivity index (χ2n) is 3.09. The van der Waals surface area contributed by atoms with Crippen molar-refractivity contribution in [1.82, 2.24) is 0 Å². The monoisotopic (exact) mass is 196 g/mol. The largest absolute Gasteiger partial charge is 0.396 e. The first-order valence-corrected chi connectivity index (χ1v) is 5.60. The number of hydrogen-bond acceptors (Lipinski definition) is 2. The lowest BCUT2D eigenvalue weighted by Gasteiger charge is -2.09. The van der Waals surface area contributed by atoms with Crippen LogP contribution in [0.15, 0.2) is 29.2 Å². The van der Waals surface area contributed by atoms with Crippen molar-refractivity contribution in [2.75, 3.05) is 12.4 Å². The SMILES string of the molecule is CCSc1cccc(C(C)CO)c1. The van der Waals surface area contributed by atoms with Crippen LogP contribution in [0.25, 0.3) is 0 Å². The third-order valence-electron chi connectivity index (χ3n) is 2.01. The normalized spacial score (nSPS) is 12.8. The summed E-state index contributed by atoms with van der Waals surface area (Å²) in [5, 5.41) is 9.00. The average molecular weight is 196 g/mol. The molecule has 0 spiro atoms. The molecule has 0 bridgehead atoms. The Bertz CT molecular complexity index is 260. The molecule has 1 unspecified atom stereocenters. The Morgan fingerprint density at radius 2 is 2.23 bits per heavy atom. The molecule has 1 rings (SSSR count). The standard InChI is InChI=1S/C11H16OS/c1-3-13-11-6-4-5-10(7-11)9(2)8-12/h4-7,9,12H,3,8H2,1-2H3. The fraction of sp³-hybridized carbons (Fsp3) is 0.455. The van der Waals surface area contributed by atoms with Crippen molar-refractivity contribution >= 4 is 11.8 Å². The smallest absolute Gasteiger partial charge is 0.0497 e. The van der Waals surface area contributed by atoms with E-state index in [1.807, 2.05) is 18.7 Å². The van der Waals surface area contributed by atoms with Crippen molar-refractivity contribution in [3.05, 3.63) is 29.8 Å². The summed E-state index contributed by atoms with van der Waals surface area (Å²) in [4.78, 5) is 1.29. The lowest BCUT2D eigenvalue weighted by molar-refractivity contribution is 0.273. The third-order valence-corrected chi connectivity index (χ3v) is 2.89. The third kappa shape index (κ3) is 3.05. The fourth-order valence-corrected chi connectivity index (χ4v) is 1.91. The molecule has 1 nitrogen and oxygen atoms in total. The molecule has 72 valence electrons. The number of aliphatic hydroxyl groups excluding tert-OH is 1. The van der Waals surface area contributed by atoms with Gasteiger partial charge in [-0.2, -0.15) is 0 Å². The highest BCUT2D eigenvalue weighted by Gasteiger charge is 2.03. The van der Waals surface area contributed by atoms with Crippen LogP contribution in [0.3, 0.4) is 0 Å². The molecule has 13 heavy (non-hydrogen) atoms. The molecular formula is C11H16OS. The Balaban J connectivity index is 2.78. The van der Waals surface area contributed by atoms with Crippen molar-refractivity contribution < 1.29 is 5.11 Å². The van der Waals surface area contributed by atoms with Crippen LogP contribution in [0.1, 0.15) is 25.3 Å². The Morgan fingerprint density at radius 1 is 1.46 bits per heavy atom. The number of hydrogen-bond donors (Lipinski definition) is 1. The van der Waals surface area contributed by atoms with Crippen molar-refractivity contribution in [3.8, 4) is 0 Å². The quantitative estimate of drug-likeness (QED) is 0.747. The van der Waals surface area contributed by atoms with Gasteiger partial charge in [0.2, 0.25) is 0 Å². The van der Waals surface area contributed by atoms with Crippen molar-refractivity contribution in [3.63, 3.8) is 0 Å². The van der Waals surface area contributed by atoms with E-state index in [4.69, 9.17) is 5.11 Å². The van der Waals surface area contributed by atoms with E-state index in [2.05, 4.69) is 31.2 Å². The molecule has 1 atom stereocenters. The summed E-state index contributed by atoms with van der Waals surface area (Å²) in [7, 11) is 0. The summed E-state index contributed by atoms with van der Waals surface area (Å²) in [6.07, 6.45) is 0. The van der Waals surface area contributed by atoms with E-state index in [9.17, 15) is 0 Å². The maximum absolute atomic E-state index is 9.00. The van der Waals surface area contributed by atoms with Gasteiger partial charge in [-0.15, -0.1) is 11.8 Å². The number of aliphatic hydroxyl groups is 1. The van der Waals surface area contributed by atoms with Crippen LogP contribution in [0, 0.1) is 0 Å². The number of thioether (sulfide) groups is 1. The van der Waals surface area contributed by atoms with Crippen LogP contribution in [0.2, 0.25) is 0 Å². The highest BCUT2D eigenvalue weighted by atomic mass is 32.2. The van der Waals surface area contributed by atoms with Crippen LogP contribution in [0.4, 0.5) is 0 Å². The van der Waals surface area contributed by atoms with Gasteiger partial charge < -0.3 is 5.11 Å². The zero-order valence-electron chi connectivity index (χ0n) is 8.16. The van der Waals surface area contributed by atoms with Gasteiger partial charge in [0.1, 0.15) is 0 Å². The van der Waals surface area contributed by atoms with E-state index in [0.717, 1.165) is 5.75 Å². The van der Waals surface area contributed by atoms with Gasteiger partial charge in [-0.1, -0.05) is 26.0 Å². The van der Waals surface area contributed by atoms with Crippen LogP contribution >= 0.6 is 11.8 Å². The predicted molar refractivity (Wildman–Crippen MR) is 58.3 cm³/mol. The van der Waals surface area contributed by atoms with Crippen LogP contribution in [-0.2, 0) is 0 Å². The minimum atomic E-state index is 0.222. The molecule has 0 amide bonds. The second-order valence-corrected chi connectivity index (χ2v) is 4.43. The molecular weight excluding hydrogens is 180 g/mol. The zero-order valence-corrected chi connectivity index (χ0v) is 8.97. The van der Waals surface area contributed by atoms with Crippen LogP contribution in [-0.4, -0.2) is 17.5 Å². The molecule has 2 heteroatoms. The topological polar surface area (TPSA) is 20.2 Å². The van der Waals surface area contributed by atoms with Gasteiger partial charge in [-0.3, -0.25) is 0 Å². The highest BCUT2D eigenvalue weighted by Crippen LogP contribution is 2.22. The van der Waals surface area contributed by atoms with Crippen molar-refractivity contribution in [2.24, 2.45) is 0 Å². The number of benzene rings is 1. The maximum atomic E-state index is 9.00. The minimum Gasteiger partial charge on any atom is -0.396 e. The summed E-state index contributed by atoms with van der Waals surface area (Å²) >= 11 is 1.84. The van der Waals surface area contributed by atoms with E-state index < -0.39 is 0 Å². The second kappa shape index (κ2) is 5.30. The Morgan fingerprint density at radius 3 is 2.85 bits per heavy atom. The molecule has 1 aromatic rings. The van der Waals surface area contributed by atoms with Gasteiger partial charge in [0.25, 0.3) is 0 Å². The summed E-state index contributed by atoms with van der Waals surface area (Å²) in [5.41, 5.74) is 1.22. The highest BCUT2D eigenvalue weighted by molar-refractivity contribution is 7.99. The summed E-state index contributed by atoms with van der Waals surface area (Å²) in [5.74, 6) is 1.34. The molecule has 0 aliphatic rings. The van der Waals surface area contributed by atoms with Gasteiger partial charge in [0.05, 0.1) is 0 Å². The maximum Gasteiger partial charge on any atom is 0.0497 e. The molecule has 0 heterocycles. The first kappa shape index (κ1) is 10.6. The molecule has 0 aliphatic carbocycles. The van der Waals surface area contributed by atoms with Gasteiger partial charge in [0.15, 0.2) is 0 Å². The lowest BCUT2D eigenvalue weighted by Crippen LogP contribution is -1.98. The molecule has 0 fully saturated rings. The minimum absolute atomic E-state index is 0.222. The van der Waals surface area contributed by atoms with E-state index in [0.29, 0.717) is 0 Å². The molecule has 0 aliphatic heterocycles. The fourth-order valence-electron chi connectivity index (χ4n) is 1.18. The molecule has 0 radical (unpaired) electrons. The molecule has 1 aromatic carbocycles. The van der Waals surface area contributed by atoms with Crippen molar-refractivity contribution in [1.29, 1.82) is 0 Å². The molecule has 0 saturated heterocycles. The van der Waals surface area contributed by atoms with Gasteiger partial charge in [-0.25, -0.2) is 0 Å². The molecule has 0 saturated carbocycles. The van der Waals surface area contributed by atoms with Gasteiger partial charge >= 0.3 is 0 Å². The van der Waals surface area contributed by atoms with Crippen molar-refractivity contribution in [2.45, 2.75) is 24.7 Å². The lowest BCUT2D eigenvalue weighted by atomic mass is 10.0. The van der Waals surface area contributed by atoms with Crippen LogP contribution in [0.5, 0.6) is 0 Å². The summed E-state index contributed by atoms with van der Waals surface area (Å²) in [6, 6.07) is 8.40. The van der Waals surface area contributed by atoms with Gasteiger partial charge in [-0.05, 0) is 23.4 Å². The van der Waals surface area contributed by atoms with E-state index >= 15 is 0 Å². The summed E-state index contributed by atoms with van der Waals surface area (Å²) in [6.45, 7) is 4.41. The van der Waals surface area contributed by atoms with Crippen LogP contribution < -0.4 is 0 Å². The Kier molecular flexibility index (Phi) is 4.33. The summed E-state index contributed by atoms with van der Waals surface area (Å²) < 4.78 is 0. The number of rotatable bonds is 4. The Hall–Kier alpha value is -0.470. The predicted octanol–water partition coefficient (Wildman–Crippen LogP) is 2.89. The molecule has 0 aromatic heterocycles. The van der Waals surface area contributed by atoms with Gasteiger partial charge in [0, 0.05) is 17.4 Å². The Labute approximate surface area is 84.2 Å².